The van der Waals surface area contributed by atoms with Gasteiger partial charge in [0.1, 0.15) is 0 Å². The highest BCUT2D eigenvalue weighted by Crippen LogP contribution is 2.22. The second kappa shape index (κ2) is 6.78. The minimum Gasteiger partial charge on any atom is -0.381 e. The minimum absolute atomic E-state index is 0.00592. The van der Waals surface area contributed by atoms with E-state index in [-0.39, 0.29) is 30.2 Å². The molecule has 1 atom stereocenters. The fourth-order valence-corrected chi connectivity index (χ4v) is 2.81. The number of hydrogen-bond donors (Lipinski definition) is 3. The lowest BCUT2D eigenvalue weighted by Crippen LogP contribution is -2.48. The number of carbonyl (C=O) groups is 3. The van der Waals surface area contributed by atoms with Crippen LogP contribution in [0.15, 0.2) is 24.3 Å². The van der Waals surface area contributed by atoms with Crippen molar-refractivity contribution in [1.29, 1.82) is 0 Å². The summed E-state index contributed by atoms with van der Waals surface area (Å²) in [7, 11) is 0. The largest absolute Gasteiger partial charge is 0.381 e. The topological polar surface area (TPSA) is 96.5 Å². The van der Waals surface area contributed by atoms with Gasteiger partial charge in [-0.25, -0.2) is 4.79 Å². The lowest BCUT2D eigenvalue weighted by Gasteiger charge is -2.24. The third-order valence-corrected chi connectivity index (χ3v) is 4.12. The van der Waals surface area contributed by atoms with Gasteiger partial charge in [-0.2, -0.15) is 0 Å². The van der Waals surface area contributed by atoms with E-state index >= 15 is 0 Å². The average Bonchev–Trinajstić information content (AvgIpc) is 2.55. The van der Waals surface area contributed by atoms with Crippen LogP contribution in [0.2, 0.25) is 0 Å². The molecular formula is C16H19N3O4. The normalized spacial score (nSPS) is 22.2. The molecule has 23 heavy (non-hydrogen) atoms. The van der Waals surface area contributed by atoms with Gasteiger partial charge in [-0.3, -0.25) is 14.9 Å². The summed E-state index contributed by atoms with van der Waals surface area (Å²) >= 11 is 0. The summed E-state index contributed by atoms with van der Waals surface area (Å²) in [6, 6.07) is 6.36. The van der Waals surface area contributed by atoms with Crippen LogP contribution in [0.25, 0.3) is 0 Å². The zero-order valence-electron chi connectivity index (χ0n) is 12.6. The van der Waals surface area contributed by atoms with E-state index in [9.17, 15) is 14.4 Å². The zero-order chi connectivity index (χ0) is 16.2. The van der Waals surface area contributed by atoms with Crippen LogP contribution in [0.1, 0.15) is 30.9 Å². The summed E-state index contributed by atoms with van der Waals surface area (Å²) in [6.45, 7) is 1.25. The van der Waals surface area contributed by atoms with Crippen LogP contribution in [0.4, 0.5) is 10.5 Å². The minimum atomic E-state index is -0.483. The predicted octanol–water partition coefficient (Wildman–Crippen LogP) is 1.32. The van der Waals surface area contributed by atoms with Gasteiger partial charge >= 0.3 is 6.03 Å². The van der Waals surface area contributed by atoms with Crippen LogP contribution >= 0.6 is 0 Å². The molecule has 0 radical (unpaired) electrons. The van der Waals surface area contributed by atoms with Crippen LogP contribution < -0.4 is 16.0 Å². The zero-order valence-corrected chi connectivity index (χ0v) is 12.6. The number of hydrogen-bond acceptors (Lipinski definition) is 4. The smallest absolute Gasteiger partial charge is 0.321 e. The van der Waals surface area contributed by atoms with Crippen molar-refractivity contribution in [3.63, 3.8) is 0 Å². The van der Waals surface area contributed by atoms with Crippen molar-refractivity contribution in [2.75, 3.05) is 18.5 Å². The molecule has 1 aromatic carbocycles. The molecule has 3 N–H and O–H groups in total. The lowest BCUT2D eigenvalue weighted by atomic mass is 9.99. The third kappa shape index (κ3) is 3.87. The fourth-order valence-electron chi connectivity index (χ4n) is 2.81. The molecule has 4 amide bonds. The number of ether oxygens (including phenoxy) is 1. The lowest BCUT2D eigenvalue weighted by molar-refractivity contribution is -0.123. The number of anilines is 1. The standard InChI is InChI=1S/C16H19N3O4/c20-14-9-13(18-16(22)19-14)10-1-3-12(4-2-10)17-15(21)11-5-7-23-8-6-11/h1-4,11,13H,5-9H2,(H,17,21)(H2,18,19,20,22). The highest BCUT2D eigenvalue weighted by atomic mass is 16.5. The quantitative estimate of drug-likeness (QED) is 0.783. The van der Waals surface area contributed by atoms with Gasteiger partial charge in [-0.1, -0.05) is 12.1 Å². The first-order valence-electron chi connectivity index (χ1n) is 7.71. The van der Waals surface area contributed by atoms with Crippen molar-refractivity contribution < 1.29 is 19.1 Å². The van der Waals surface area contributed by atoms with Crippen molar-refractivity contribution in [3.05, 3.63) is 29.8 Å². The van der Waals surface area contributed by atoms with E-state index in [2.05, 4.69) is 16.0 Å². The first-order chi connectivity index (χ1) is 11.1. The van der Waals surface area contributed by atoms with E-state index in [4.69, 9.17) is 4.74 Å². The Balaban J connectivity index is 1.61. The van der Waals surface area contributed by atoms with Gasteiger partial charge in [0.15, 0.2) is 0 Å². The van der Waals surface area contributed by atoms with Crippen LogP contribution in [0, 0.1) is 5.92 Å². The van der Waals surface area contributed by atoms with E-state index in [1.165, 1.54) is 0 Å². The van der Waals surface area contributed by atoms with Gasteiger partial charge in [-0.05, 0) is 30.5 Å². The number of carbonyl (C=O) groups excluding carboxylic acids is 3. The van der Waals surface area contributed by atoms with E-state index in [0.29, 0.717) is 18.9 Å². The molecule has 0 saturated carbocycles. The number of rotatable bonds is 3. The molecule has 2 aliphatic heterocycles. The summed E-state index contributed by atoms with van der Waals surface area (Å²) in [5.41, 5.74) is 1.54. The number of urea groups is 1. The van der Waals surface area contributed by atoms with Gasteiger partial charge in [0.05, 0.1) is 12.5 Å². The molecule has 7 heteroatoms. The number of imide groups is 1. The molecule has 2 aliphatic rings. The molecule has 7 nitrogen and oxygen atoms in total. The molecular weight excluding hydrogens is 298 g/mol. The molecule has 0 aliphatic carbocycles. The molecule has 3 rings (SSSR count). The first kappa shape index (κ1) is 15.5. The molecule has 0 spiro atoms. The van der Waals surface area contributed by atoms with E-state index < -0.39 is 6.03 Å². The molecule has 2 heterocycles. The van der Waals surface area contributed by atoms with Crippen LogP contribution in [-0.4, -0.2) is 31.1 Å². The molecule has 2 saturated heterocycles. The predicted molar refractivity (Wildman–Crippen MR) is 82.6 cm³/mol. The summed E-state index contributed by atoms with van der Waals surface area (Å²) in [6.07, 6.45) is 1.69. The molecule has 1 aromatic rings. The first-order valence-corrected chi connectivity index (χ1v) is 7.71. The fraction of sp³-hybridized carbons (Fsp3) is 0.438. The van der Waals surface area contributed by atoms with Crippen LogP contribution in [-0.2, 0) is 14.3 Å². The maximum atomic E-state index is 12.2. The maximum absolute atomic E-state index is 12.2. The van der Waals surface area contributed by atoms with Crippen LogP contribution in [0.5, 0.6) is 0 Å². The van der Waals surface area contributed by atoms with Gasteiger partial charge in [0.25, 0.3) is 0 Å². The highest BCUT2D eigenvalue weighted by Gasteiger charge is 2.25. The summed E-state index contributed by atoms with van der Waals surface area (Å²) in [5, 5.41) is 7.80. The summed E-state index contributed by atoms with van der Waals surface area (Å²) < 4.78 is 5.25. The van der Waals surface area contributed by atoms with Crippen molar-refractivity contribution in [3.8, 4) is 0 Å². The Labute approximate surface area is 133 Å². The van der Waals surface area contributed by atoms with E-state index in [0.717, 1.165) is 18.4 Å². The monoisotopic (exact) mass is 317 g/mol. The van der Waals surface area contributed by atoms with Crippen molar-refractivity contribution >= 4 is 23.5 Å². The second-order valence-corrected chi connectivity index (χ2v) is 5.78. The van der Waals surface area contributed by atoms with Gasteiger partial charge in [0, 0.05) is 24.8 Å². The Morgan fingerprint density at radius 3 is 2.48 bits per heavy atom. The van der Waals surface area contributed by atoms with Crippen molar-refractivity contribution in [2.24, 2.45) is 5.92 Å². The van der Waals surface area contributed by atoms with Gasteiger partial charge < -0.3 is 15.4 Å². The maximum Gasteiger partial charge on any atom is 0.321 e. The molecule has 122 valence electrons. The SMILES string of the molecule is O=C1CC(c2ccc(NC(=O)C3CCOCC3)cc2)NC(=O)N1. The summed E-state index contributed by atoms with van der Waals surface area (Å²) in [4.78, 5) is 34.9. The third-order valence-electron chi connectivity index (χ3n) is 4.12. The van der Waals surface area contributed by atoms with Crippen molar-refractivity contribution in [2.45, 2.75) is 25.3 Å². The number of amides is 4. The number of nitrogens with one attached hydrogen (secondary N) is 3. The van der Waals surface area contributed by atoms with Crippen LogP contribution in [0.3, 0.4) is 0 Å². The second-order valence-electron chi connectivity index (χ2n) is 5.78. The number of benzene rings is 1. The average molecular weight is 317 g/mol. The van der Waals surface area contributed by atoms with Crippen molar-refractivity contribution in [1.82, 2.24) is 10.6 Å². The molecule has 2 fully saturated rings. The van der Waals surface area contributed by atoms with Gasteiger partial charge in [0.2, 0.25) is 11.8 Å². The Morgan fingerprint density at radius 1 is 1.13 bits per heavy atom. The van der Waals surface area contributed by atoms with Gasteiger partial charge in [-0.15, -0.1) is 0 Å². The molecule has 0 aromatic heterocycles. The highest BCUT2D eigenvalue weighted by molar-refractivity contribution is 5.97. The Kier molecular flexibility index (Phi) is 4.57. The molecule has 0 bridgehead atoms. The Morgan fingerprint density at radius 2 is 1.83 bits per heavy atom. The summed E-state index contributed by atoms with van der Waals surface area (Å²) in [5.74, 6) is -0.299. The Hall–Kier alpha value is -2.41. The van der Waals surface area contributed by atoms with E-state index in [1.807, 2.05) is 12.1 Å². The Bertz CT molecular complexity index is 592. The van der Waals surface area contributed by atoms with E-state index in [1.54, 1.807) is 12.1 Å². The molecule has 1 unspecified atom stereocenters.